The Balaban J connectivity index is 2.70. The van der Waals surface area contributed by atoms with Crippen LogP contribution in [0.15, 0.2) is 17.5 Å². The molecule has 1 aromatic heterocycles. The van der Waals surface area contributed by atoms with Crippen molar-refractivity contribution >= 4 is 23.6 Å². The van der Waals surface area contributed by atoms with Gasteiger partial charge in [0.2, 0.25) is 0 Å². The molecule has 13 heavy (non-hydrogen) atoms. The summed E-state index contributed by atoms with van der Waals surface area (Å²) in [4.78, 5) is 13.7. The molecule has 0 saturated heterocycles. The first-order chi connectivity index (χ1) is 6.29. The minimum Gasteiger partial charge on any atom is -0.299 e. The van der Waals surface area contributed by atoms with Crippen LogP contribution in [0.25, 0.3) is 0 Å². The predicted octanol–water partition coefficient (Wildman–Crippen LogP) is 2.21. The zero-order valence-corrected chi connectivity index (χ0v) is 8.30. The fourth-order valence-electron chi connectivity index (χ4n) is 1.01. The first-order valence-corrected chi connectivity index (χ1v) is 5.02. The number of nitrogens with one attached hydrogen (secondary N) is 1. The van der Waals surface area contributed by atoms with Gasteiger partial charge in [-0.1, -0.05) is 13.0 Å². The molecule has 0 spiro atoms. The zero-order chi connectivity index (χ0) is 9.68. The van der Waals surface area contributed by atoms with Gasteiger partial charge in [-0.3, -0.25) is 15.1 Å². The Morgan fingerprint density at radius 3 is 3.00 bits per heavy atom. The van der Waals surface area contributed by atoms with Crippen molar-refractivity contribution in [3.05, 3.63) is 22.4 Å². The lowest BCUT2D eigenvalue weighted by molar-refractivity contribution is 0.0856. The van der Waals surface area contributed by atoms with E-state index in [4.69, 9.17) is 5.41 Å². The lowest BCUT2D eigenvalue weighted by Gasteiger charge is -2.14. The van der Waals surface area contributed by atoms with Crippen molar-refractivity contribution in [3.8, 4) is 0 Å². The fourth-order valence-corrected chi connectivity index (χ4v) is 1.69. The highest BCUT2D eigenvalue weighted by Crippen LogP contribution is 2.11. The van der Waals surface area contributed by atoms with Crippen LogP contribution < -0.4 is 0 Å². The van der Waals surface area contributed by atoms with Crippen LogP contribution in [0.5, 0.6) is 0 Å². The van der Waals surface area contributed by atoms with Crippen molar-refractivity contribution in [1.29, 1.82) is 5.41 Å². The average Bonchev–Trinajstić information content (AvgIpc) is 2.65. The monoisotopic (exact) mass is 196 g/mol. The number of carbonyl (C=O) groups is 1. The van der Waals surface area contributed by atoms with Crippen LogP contribution in [0.2, 0.25) is 0 Å². The van der Waals surface area contributed by atoms with Gasteiger partial charge in [0, 0.05) is 6.54 Å². The van der Waals surface area contributed by atoms with Gasteiger partial charge >= 0.3 is 0 Å². The third-order valence-electron chi connectivity index (χ3n) is 1.61. The van der Waals surface area contributed by atoms with Crippen LogP contribution in [0.4, 0.5) is 0 Å². The second kappa shape index (κ2) is 4.77. The number of nitrogens with zero attached hydrogens (tertiary/aromatic N) is 1. The first kappa shape index (κ1) is 9.92. The number of carbonyl (C=O) groups excluding carboxylic acids is 1. The minimum absolute atomic E-state index is 0.0770. The summed E-state index contributed by atoms with van der Waals surface area (Å²) in [5.41, 5.74) is 0. The summed E-state index contributed by atoms with van der Waals surface area (Å²) in [6.07, 6.45) is 1.96. The summed E-state index contributed by atoms with van der Waals surface area (Å²) in [6, 6.07) is 3.62. The molecule has 1 amide bonds. The van der Waals surface area contributed by atoms with Crippen molar-refractivity contribution in [1.82, 2.24) is 4.90 Å². The molecular formula is C9H12N2OS. The third kappa shape index (κ3) is 2.39. The second-order valence-corrected chi connectivity index (χ2v) is 3.55. The van der Waals surface area contributed by atoms with E-state index in [-0.39, 0.29) is 5.91 Å². The standard InChI is InChI=1S/C9H12N2OS/c1-2-5-11(7-10)9(12)8-4-3-6-13-8/h3-4,6-7,10H,2,5H2,1H3. The molecule has 1 heterocycles. The van der Waals surface area contributed by atoms with E-state index < -0.39 is 0 Å². The van der Waals surface area contributed by atoms with Crippen LogP contribution in [-0.2, 0) is 0 Å². The van der Waals surface area contributed by atoms with Gasteiger partial charge in [-0.25, -0.2) is 0 Å². The van der Waals surface area contributed by atoms with E-state index in [2.05, 4.69) is 0 Å². The quantitative estimate of drug-likeness (QED) is 0.582. The number of thiophene rings is 1. The Bertz CT molecular complexity index is 282. The smallest absolute Gasteiger partial charge is 0.269 e. The Kier molecular flexibility index (Phi) is 3.64. The van der Waals surface area contributed by atoms with Gasteiger partial charge in [0.15, 0.2) is 0 Å². The van der Waals surface area contributed by atoms with Crippen molar-refractivity contribution in [2.45, 2.75) is 13.3 Å². The summed E-state index contributed by atoms with van der Waals surface area (Å²) >= 11 is 1.41. The molecule has 1 N–H and O–H groups in total. The highest BCUT2D eigenvalue weighted by Gasteiger charge is 2.12. The average molecular weight is 196 g/mol. The lowest BCUT2D eigenvalue weighted by atomic mass is 10.4. The van der Waals surface area contributed by atoms with Crippen LogP contribution in [0.3, 0.4) is 0 Å². The first-order valence-electron chi connectivity index (χ1n) is 4.14. The molecule has 0 radical (unpaired) electrons. The van der Waals surface area contributed by atoms with E-state index in [1.807, 2.05) is 18.4 Å². The summed E-state index contributed by atoms with van der Waals surface area (Å²) in [7, 11) is 0. The van der Waals surface area contributed by atoms with E-state index >= 15 is 0 Å². The molecule has 0 aliphatic rings. The van der Waals surface area contributed by atoms with Gasteiger partial charge in [0.1, 0.15) is 0 Å². The highest BCUT2D eigenvalue weighted by molar-refractivity contribution is 7.12. The van der Waals surface area contributed by atoms with Gasteiger partial charge in [-0.15, -0.1) is 11.3 Å². The highest BCUT2D eigenvalue weighted by atomic mass is 32.1. The van der Waals surface area contributed by atoms with E-state index in [0.717, 1.165) is 12.8 Å². The van der Waals surface area contributed by atoms with Crippen molar-refractivity contribution in [2.75, 3.05) is 6.54 Å². The lowest BCUT2D eigenvalue weighted by Crippen LogP contribution is -2.29. The van der Waals surface area contributed by atoms with Gasteiger partial charge < -0.3 is 0 Å². The van der Waals surface area contributed by atoms with Crippen LogP contribution in [-0.4, -0.2) is 23.7 Å². The van der Waals surface area contributed by atoms with E-state index in [1.54, 1.807) is 6.07 Å². The molecule has 0 aliphatic heterocycles. The van der Waals surface area contributed by atoms with Crippen LogP contribution >= 0.6 is 11.3 Å². The van der Waals surface area contributed by atoms with Crippen molar-refractivity contribution in [3.63, 3.8) is 0 Å². The van der Waals surface area contributed by atoms with E-state index in [0.29, 0.717) is 11.4 Å². The van der Waals surface area contributed by atoms with Crippen LogP contribution in [0, 0.1) is 5.41 Å². The zero-order valence-electron chi connectivity index (χ0n) is 7.49. The third-order valence-corrected chi connectivity index (χ3v) is 2.47. The predicted molar refractivity (Wildman–Crippen MR) is 54.4 cm³/mol. The summed E-state index contributed by atoms with van der Waals surface area (Å²) in [5, 5.41) is 8.94. The Labute approximate surface area is 81.5 Å². The number of hydrogen-bond donors (Lipinski definition) is 1. The molecular weight excluding hydrogens is 184 g/mol. The van der Waals surface area contributed by atoms with Gasteiger partial charge in [-0.05, 0) is 17.9 Å². The van der Waals surface area contributed by atoms with E-state index in [1.165, 1.54) is 16.2 Å². The van der Waals surface area contributed by atoms with E-state index in [9.17, 15) is 4.79 Å². The molecule has 3 nitrogen and oxygen atoms in total. The molecule has 0 aromatic carbocycles. The minimum atomic E-state index is -0.0770. The molecule has 0 unspecified atom stereocenters. The molecule has 0 aliphatic carbocycles. The molecule has 0 bridgehead atoms. The maximum atomic E-state index is 11.6. The molecule has 0 fully saturated rings. The molecule has 70 valence electrons. The number of rotatable bonds is 4. The van der Waals surface area contributed by atoms with Gasteiger partial charge in [0.25, 0.3) is 5.91 Å². The fraction of sp³-hybridized carbons (Fsp3) is 0.333. The van der Waals surface area contributed by atoms with Crippen LogP contribution in [0.1, 0.15) is 23.0 Å². The SMILES string of the molecule is CCCN(C=N)C(=O)c1cccs1. The van der Waals surface area contributed by atoms with Gasteiger partial charge in [0.05, 0.1) is 11.2 Å². The summed E-state index contributed by atoms with van der Waals surface area (Å²) < 4.78 is 0. The number of hydrogen-bond acceptors (Lipinski definition) is 3. The molecule has 0 saturated carbocycles. The molecule has 1 rings (SSSR count). The Hall–Kier alpha value is -1.16. The maximum absolute atomic E-state index is 11.6. The topological polar surface area (TPSA) is 44.2 Å². The number of amides is 1. The molecule has 1 aromatic rings. The van der Waals surface area contributed by atoms with Crippen molar-refractivity contribution < 1.29 is 4.79 Å². The normalized spacial score (nSPS) is 9.62. The summed E-state index contributed by atoms with van der Waals surface area (Å²) in [6.45, 7) is 2.60. The second-order valence-electron chi connectivity index (χ2n) is 2.60. The van der Waals surface area contributed by atoms with Crippen molar-refractivity contribution in [2.24, 2.45) is 0 Å². The molecule has 4 heteroatoms. The van der Waals surface area contributed by atoms with Gasteiger partial charge in [-0.2, -0.15) is 0 Å². The Morgan fingerprint density at radius 1 is 1.77 bits per heavy atom. The molecule has 0 atom stereocenters. The summed E-state index contributed by atoms with van der Waals surface area (Å²) in [5.74, 6) is -0.0770. The Morgan fingerprint density at radius 2 is 2.54 bits per heavy atom. The largest absolute Gasteiger partial charge is 0.299 e. The maximum Gasteiger partial charge on any atom is 0.269 e.